The molecule has 1 heterocycles. The summed E-state index contributed by atoms with van der Waals surface area (Å²) in [6.07, 6.45) is -5.16. The van der Waals surface area contributed by atoms with Crippen LogP contribution in [0, 0.1) is 0 Å². The molecule has 1 aromatic carbocycles. The average Bonchev–Trinajstić information content (AvgIpc) is 2.64. The lowest BCUT2D eigenvalue weighted by Gasteiger charge is -2.13. The standard InChI is InChI=1S/C10H7ClF3NO2/c11-7-2-1-5(3-6(7)10(12,13)14)8-4-17-9(16)15-8/h1-3,8H,4H2,(H,15,16)/t8-/m1/s1. The number of carbonyl (C=O) groups excluding carboxylic acids is 1. The second-order valence-electron chi connectivity index (χ2n) is 3.53. The van der Waals surface area contributed by atoms with Gasteiger partial charge in [0.15, 0.2) is 0 Å². The van der Waals surface area contributed by atoms with Crippen molar-refractivity contribution in [1.29, 1.82) is 0 Å². The number of hydrogen-bond donors (Lipinski definition) is 1. The highest BCUT2D eigenvalue weighted by atomic mass is 35.5. The van der Waals surface area contributed by atoms with Crippen molar-refractivity contribution in [1.82, 2.24) is 5.32 Å². The van der Waals surface area contributed by atoms with Crippen LogP contribution in [-0.4, -0.2) is 12.7 Å². The number of nitrogens with one attached hydrogen (secondary N) is 1. The van der Waals surface area contributed by atoms with E-state index in [4.69, 9.17) is 11.6 Å². The van der Waals surface area contributed by atoms with Crippen LogP contribution in [0.4, 0.5) is 18.0 Å². The first-order valence-electron chi connectivity index (χ1n) is 4.68. The first-order chi connectivity index (χ1) is 7.88. The van der Waals surface area contributed by atoms with E-state index in [2.05, 4.69) is 10.1 Å². The Kier molecular flexibility index (Phi) is 2.91. The Morgan fingerprint density at radius 1 is 1.41 bits per heavy atom. The maximum Gasteiger partial charge on any atom is 0.417 e. The van der Waals surface area contributed by atoms with Crippen molar-refractivity contribution in [2.24, 2.45) is 0 Å². The number of hydrogen-bond acceptors (Lipinski definition) is 2. The first kappa shape index (κ1) is 12.0. The van der Waals surface area contributed by atoms with E-state index in [0.29, 0.717) is 5.56 Å². The van der Waals surface area contributed by atoms with Crippen molar-refractivity contribution in [2.45, 2.75) is 12.2 Å². The molecule has 0 aromatic heterocycles. The molecular formula is C10H7ClF3NO2. The Hall–Kier alpha value is -1.43. The summed E-state index contributed by atoms with van der Waals surface area (Å²) >= 11 is 5.48. The van der Waals surface area contributed by atoms with Crippen molar-refractivity contribution >= 4 is 17.7 Å². The fourth-order valence-electron chi connectivity index (χ4n) is 1.54. The highest BCUT2D eigenvalue weighted by Gasteiger charge is 2.34. The molecule has 1 atom stereocenters. The summed E-state index contributed by atoms with van der Waals surface area (Å²) < 4.78 is 42.4. The van der Waals surface area contributed by atoms with Gasteiger partial charge >= 0.3 is 12.3 Å². The molecule has 0 radical (unpaired) electrons. The van der Waals surface area contributed by atoms with Gasteiger partial charge < -0.3 is 10.1 Å². The zero-order valence-electron chi connectivity index (χ0n) is 8.34. The van der Waals surface area contributed by atoms with Gasteiger partial charge in [0.25, 0.3) is 0 Å². The number of benzene rings is 1. The van der Waals surface area contributed by atoms with Gasteiger partial charge in [-0.1, -0.05) is 17.7 Å². The minimum atomic E-state index is -4.52. The summed E-state index contributed by atoms with van der Waals surface area (Å²) in [7, 11) is 0. The van der Waals surface area contributed by atoms with Gasteiger partial charge in [0.05, 0.1) is 16.6 Å². The first-order valence-corrected chi connectivity index (χ1v) is 5.05. The van der Waals surface area contributed by atoms with E-state index in [1.807, 2.05) is 0 Å². The summed E-state index contributed by atoms with van der Waals surface area (Å²) in [6.45, 7) is 0.0117. The Morgan fingerprint density at radius 3 is 2.65 bits per heavy atom. The van der Waals surface area contributed by atoms with Crippen molar-refractivity contribution in [3.05, 3.63) is 34.3 Å². The Morgan fingerprint density at radius 2 is 2.12 bits per heavy atom. The minimum Gasteiger partial charge on any atom is -0.447 e. The largest absolute Gasteiger partial charge is 0.447 e. The van der Waals surface area contributed by atoms with Crippen LogP contribution in [0.3, 0.4) is 0 Å². The number of cyclic esters (lactones) is 1. The van der Waals surface area contributed by atoms with Crippen LogP contribution >= 0.6 is 11.6 Å². The molecule has 2 rings (SSSR count). The molecule has 92 valence electrons. The summed E-state index contributed by atoms with van der Waals surface area (Å²) in [4.78, 5) is 10.8. The fourth-order valence-corrected chi connectivity index (χ4v) is 1.77. The third-order valence-electron chi connectivity index (χ3n) is 2.37. The average molecular weight is 266 g/mol. The Bertz CT molecular complexity index is 461. The van der Waals surface area contributed by atoms with Crippen LogP contribution in [0.1, 0.15) is 17.2 Å². The molecule has 1 aliphatic rings. The molecule has 1 aliphatic heterocycles. The number of ether oxygens (including phenoxy) is 1. The van der Waals surface area contributed by atoms with Crippen LogP contribution in [0.25, 0.3) is 0 Å². The van der Waals surface area contributed by atoms with Gasteiger partial charge in [0.1, 0.15) is 6.61 Å². The minimum absolute atomic E-state index is 0.0117. The van der Waals surface area contributed by atoms with E-state index in [1.54, 1.807) is 0 Å². The predicted molar refractivity (Wildman–Crippen MR) is 53.7 cm³/mol. The maximum atomic E-state index is 12.6. The van der Waals surface area contributed by atoms with Gasteiger partial charge in [-0.05, 0) is 17.7 Å². The van der Waals surface area contributed by atoms with E-state index >= 15 is 0 Å². The SMILES string of the molecule is O=C1N[C@@H](c2ccc(Cl)c(C(F)(F)F)c2)CO1. The topological polar surface area (TPSA) is 38.3 Å². The molecule has 0 bridgehead atoms. The number of alkyl carbamates (subject to hydrolysis) is 1. The van der Waals surface area contributed by atoms with Crippen molar-refractivity contribution in [3.63, 3.8) is 0 Å². The van der Waals surface area contributed by atoms with Gasteiger partial charge in [0, 0.05) is 0 Å². The molecule has 0 saturated carbocycles. The number of alkyl halides is 3. The molecule has 3 nitrogen and oxygen atoms in total. The van der Waals surface area contributed by atoms with E-state index in [0.717, 1.165) is 12.1 Å². The van der Waals surface area contributed by atoms with Crippen LogP contribution in [0.15, 0.2) is 18.2 Å². The van der Waals surface area contributed by atoms with Crippen LogP contribution in [0.2, 0.25) is 5.02 Å². The zero-order chi connectivity index (χ0) is 12.6. The van der Waals surface area contributed by atoms with E-state index in [9.17, 15) is 18.0 Å². The van der Waals surface area contributed by atoms with Crippen molar-refractivity contribution in [2.75, 3.05) is 6.61 Å². The highest BCUT2D eigenvalue weighted by molar-refractivity contribution is 6.31. The fraction of sp³-hybridized carbons (Fsp3) is 0.300. The molecular weight excluding hydrogens is 259 g/mol. The number of amides is 1. The van der Waals surface area contributed by atoms with Gasteiger partial charge in [-0.3, -0.25) is 0 Å². The van der Waals surface area contributed by atoms with Gasteiger partial charge in [0.2, 0.25) is 0 Å². The van der Waals surface area contributed by atoms with Gasteiger partial charge in [-0.2, -0.15) is 13.2 Å². The van der Waals surface area contributed by atoms with Crippen LogP contribution in [0.5, 0.6) is 0 Å². The lowest BCUT2D eigenvalue weighted by Crippen LogP contribution is -2.19. The lowest BCUT2D eigenvalue weighted by atomic mass is 10.0. The summed E-state index contributed by atoms with van der Waals surface area (Å²) in [5, 5.41) is 2.03. The number of carbonyl (C=O) groups is 1. The number of rotatable bonds is 1. The summed E-state index contributed by atoms with van der Waals surface area (Å²) in [5.74, 6) is 0. The van der Waals surface area contributed by atoms with E-state index < -0.39 is 23.9 Å². The Balaban J connectivity index is 2.34. The molecule has 0 aliphatic carbocycles. The zero-order valence-corrected chi connectivity index (χ0v) is 9.10. The highest BCUT2D eigenvalue weighted by Crippen LogP contribution is 2.36. The van der Waals surface area contributed by atoms with Crippen molar-refractivity contribution < 1.29 is 22.7 Å². The molecule has 1 N–H and O–H groups in total. The monoisotopic (exact) mass is 265 g/mol. The summed E-state index contributed by atoms with van der Waals surface area (Å²) in [5.41, 5.74) is -0.606. The molecule has 17 heavy (non-hydrogen) atoms. The molecule has 1 aromatic rings. The lowest BCUT2D eigenvalue weighted by molar-refractivity contribution is -0.137. The third-order valence-corrected chi connectivity index (χ3v) is 2.70. The maximum absolute atomic E-state index is 12.6. The Labute approximate surface area is 99.5 Å². The normalized spacial score (nSPS) is 20.0. The number of halogens is 4. The predicted octanol–water partition coefficient (Wildman–Crippen LogP) is 3.14. The van der Waals surface area contributed by atoms with Crippen LogP contribution < -0.4 is 5.32 Å². The molecule has 1 saturated heterocycles. The quantitative estimate of drug-likeness (QED) is 0.847. The second-order valence-corrected chi connectivity index (χ2v) is 3.94. The van der Waals surface area contributed by atoms with E-state index in [-0.39, 0.29) is 11.6 Å². The van der Waals surface area contributed by atoms with E-state index in [1.165, 1.54) is 6.07 Å². The second kappa shape index (κ2) is 4.10. The molecule has 1 fully saturated rings. The van der Waals surface area contributed by atoms with Gasteiger partial charge in [-0.25, -0.2) is 4.79 Å². The van der Waals surface area contributed by atoms with Gasteiger partial charge in [-0.15, -0.1) is 0 Å². The van der Waals surface area contributed by atoms with Crippen LogP contribution in [-0.2, 0) is 10.9 Å². The smallest absolute Gasteiger partial charge is 0.417 e. The summed E-state index contributed by atoms with van der Waals surface area (Å²) in [6, 6.07) is 2.93. The molecule has 7 heteroatoms. The molecule has 0 spiro atoms. The molecule has 0 unspecified atom stereocenters. The van der Waals surface area contributed by atoms with Crippen molar-refractivity contribution in [3.8, 4) is 0 Å². The molecule has 1 amide bonds. The third kappa shape index (κ3) is 2.46.